The van der Waals surface area contributed by atoms with Gasteiger partial charge in [-0.2, -0.15) is 0 Å². The molecule has 130 valence electrons. The minimum Gasteiger partial charge on any atom is -0.352 e. The maximum absolute atomic E-state index is 11.1. The first-order valence-electron chi connectivity index (χ1n) is 8.60. The first kappa shape index (κ1) is 15.5. The van der Waals surface area contributed by atoms with E-state index in [1.165, 1.54) is 6.92 Å². The van der Waals surface area contributed by atoms with E-state index < -0.39 is 0 Å². The maximum Gasteiger partial charge on any atom is 0.221 e. The van der Waals surface area contributed by atoms with Crippen LogP contribution in [0, 0.1) is 0 Å². The van der Waals surface area contributed by atoms with Crippen LogP contribution in [-0.2, 0) is 4.79 Å². The molecule has 0 atom stereocenters. The van der Waals surface area contributed by atoms with Gasteiger partial charge in [0.2, 0.25) is 5.91 Å². The first-order chi connectivity index (χ1) is 13.2. The molecule has 6 heteroatoms. The number of hydrogen-bond acceptors (Lipinski definition) is 4. The van der Waals surface area contributed by atoms with Gasteiger partial charge >= 0.3 is 0 Å². The Kier molecular flexibility index (Phi) is 3.36. The van der Waals surface area contributed by atoms with Crippen LogP contribution in [0.5, 0.6) is 0 Å². The van der Waals surface area contributed by atoms with E-state index >= 15 is 0 Å². The van der Waals surface area contributed by atoms with Crippen LogP contribution in [0.1, 0.15) is 6.92 Å². The molecule has 0 fully saturated rings. The van der Waals surface area contributed by atoms with Gasteiger partial charge in [0.25, 0.3) is 0 Å². The van der Waals surface area contributed by atoms with Crippen LogP contribution < -0.4 is 5.32 Å². The third kappa shape index (κ3) is 2.77. The largest absolute Gasteiger partial charge is 0.352 e. The molecule has 0 saturated heterocycles. The Morgan fingerprint density at radius 2 is 1.56 bits per heavy atom. The van der Waals surface area contributed by atoms with Crippen LogP contribution in [0.15, 0.2) is 60.7 Å². The van der Waals surface area contributed by atoms with Gasteiger partial charge in [-0.15, -0.1) is 0 Å². The Bertz CT molecular complexity index is 1250. The summed E-state index contributed by atoms with van der Waals surface area (Å²) in [5, 5.41) is 2.76. The average Bonchev–Trinajstić information content (AvgIpc) is 3.07. The molecular weight excluding hydrogens is 338 g/mol. The summed E-state index contributed by atoms with van der Waals surface area (Å²) in [7, 11) is 0. The minimum absolute atomic E-state index is 0.0964. The van der Waals surface area contributed by atoms with Crippen molar-refractivity contribution in [1.82, 2.24) is 19.9 Å². The van der Waals surface area contributed by atoms with E-state index in [1.54, 1.807) is 0 Å². The number of H-pyrrole nitrogens is 1. The van der Waals surface area contributed by atoms with E-state index in [-0.39, 0.29) is 5.91 Å². The predicted octanol–water partition coefficient (Wildman–Crippen LogP) is 4.28. The fraction of sp³-hybridized carbons (Fsp3) is 0.0476. The minimum atomic E-state index is -0.0964. The molecule has 2 heterocycles. The van der Waals surface area contributed by atoms with E-state index in [0.717, 1.165) is 44.4 Å². The molecule has 0 unspecified atom stereocenters. The van der Waals surface area contributed by atoms with Crippen LogP contribution in [-0.4, -0.2) is 25.8 Å². The van der Waals surface area contributed by atoms with Gasteiger partial charge in [-0.1, -0.05) is 12.1 Å². The normalized spacial score (nSPS) is 11.3. The van der Waals surface area contributed by atoms with E-state index in [4.69, 9.17) is 4.98 Å². The topological polar surface area (TPSA) is 83.6 Å². The SMILES string of the molecule is CC(=O)Nc1ccc(-c2nc3cc4nc5ccccc5[nH]c4cc3n2)cc1. The summed E-state index contributed by atoms with van der Waals surface area (Å²) in [5.41, 5.74) is 6.94. The summed E-state index contributed by atoms with van der Waals surface area (Å²) in [4.78, 5) is 28.6. The van der Waals surface area contributed by atoms with Gasteiger partial charge in [0.1, 0.15) is 0 Å². The van der Waals surface area contributed by atoms with Crippen LogP contribution >= 0.6 is 0 Å². The number of aromatic nitrogens is 4. The third-order valence-corrected chi connectivity index (χ3v) is 4.42. The summed E-state index contributed by atoms with van der Waals surface area (Å²) in [6, 6.07) is 19.4. The second-order valence-corrected chi connectivity index (χ2v) is 6.42. The van der Waals surface area contributed by atoms with Crippen molar-refractivity contribution in [2.45, 2.75) is 6.92 Å². The van der Waals surface area contributed by atoms with Gasteiger partial charge in [-0.3, -0.25) is 4.79 Å². The van der Waals surface area contributed by atoms with Crippen molar-refractivity contribution < 1.29 is 4.79 Å². The Morgan fingerprint density at radius 1 is 0.815 bits per heavy atom. The number of anilines is 1. The number of amides is 1. The van der Waals surface area contributed by atoms with Crippen LogP contribution in [0.2, 0.25) is 0 Å². The molecule has 0 aliphatic carbocycles. The van der Waals surface area contributed by atoms with Crippen molar-refractivity contribution in [3.05, 3.63) is 60.7 Å². The zero-order valence-corrected chi connectivity index (χ0v) is 14.5. The van der Waals surface area contributed by atoms with Gasteiger partial charge in [0.05, 0.1) is 33.1 Å². The molecule has 5 rings (SSSR count). The fourth-order valence-electron chi connectivity index (χ4n) is 3.18. The number of rotatable bonds is 2. The zero-order chi connectivity index (χ0) is 18.4. The molecule has 0 saturated carbocycles. The fourth-order valence-corrected chi connectivity index (χ4v) is 3.18. The molecule has 0 aliphatic rings. The number of imidazole rings is 1. The average molecular weight is 353 g/mol. The summed E-state index contributed by atoms with van der Waals surface area (Å²) in [6.45, 7) is 1.49. The first-order valence-corrected chi connectivity index (χ1v) is 8.60. The predicted molar refractivity (Wildman–Crippen MR) is 106 cm³/mol. The van der Waals surface area contributed by atoms with Gasteiger partial charge in [0.15, 0.2) is 5.82 Å². The van der Waals surface area contributed by atoms with Crippen molar-refractivity contribution in [2.75, 3.05) is 5.32 Å². The highest BCUT2D eigenvalue weighted by Gasteiger charge is 2.10. The molecule has 0 spiro atoms. The Morgan fingerprint density at radius 3 is 2.33 bits per heavy atom. The second-order valence-electron chi connectivity index (χ2n) is 6.42. The van der Waals surface area contributed by atoms with E-state index in [2.05, 4.69) is 20.3 Å². The Labute approximate surface area is 154 Å². The van der Waals surface area contributed by atoms with Gasteiger partial charge < -0.3 is 10.3 Å². The van der Waals surface area contributed by atoms with Crippen molar-refractivity contribution in [1.29, 1.82) is 0 Å². The summed E-state index contributed by atoms with van der Waals surface area (Å²) in [5.74, 6) is 0.556. The number of para-hydroxylation sites is 2. The molecule has 2 N–H and O–H groups in total. The number of aromatic amines is 1. The van der Waals surface area contributed by atoms with Crippen LogP contribution in [0.3, 0.4) is 0 Å². The Hall–Kier alpha value is -3.80. The highest BCUT2D eigenvalue weighted by Crippen LogP contribution is 2.25. The number of fused-ring (bicyclic) bond motifs is 3. The Balaban J connectivity index is 1.60. The maximum atomic E-state index is 11.1. The van der Waals surface area contributed by atoms with E-state index in [0.29, 0.717) is 5.82 Å². The number of benzene rings is 3. The molecule has 0 aliphatic heterocycles. The van der Waals surface area contributed by atoms with Gasteiger partial charge in [-0.05, 0) is 48.5 Å². The highest BCUT2D eigenvalue weighted by atomic mass is 16.1. The van der Waals surface area contributed by atoms with Crippen LogP contribution in [0.25, 0.3) is 44.5 Å². The molecule has 0 bridgehead atoms. The molecule has 6 nitrogen and oxygen atoms in total. The number of carbonyl (C=O) groups excluding carboxylic acids is 1. The lowest BCUT2D eigenvalue weighted by Crippen LogP contribution is -2.05. The lowest BCUT2D eigenvalue weighted by molar-refractivity contribution is -0.114. The molecule has 27 heavy (non-hydrogen) atoms. The number of nitrogens with zero attached hydrogens (tertiary/aromatic N) is 3. The quantitative estimate of drug-likeness (QED) is 0.464. The number of nitrogens with one attached hydrogen (secondary N) is 2. The van der Waals surface area contributed by atoms with Gasteiger partial charge in [0, 0.05) is 18.2 Å². The highest BCUT2D eigenvalue weighted by molar-refractivity contribution is 5.95. The lowest BCUT2D eigenvalue weighted by atomic mass is 10.2. The summed E-state index contributed by atoms with van der Waals surface area (Å²) in [6.07, 6.45) is 0. The van der Waals surface area contributed by atoms with Crippen LogP contribution in [0.4, 0.5) is 5.69 Å². The monoisotopic (exact) mass is 353 g/mol. The van der Waals surface area contributed by atoms with E-state index in [9.17, 15) is 4.79 Å². The molecule has 2 aromatic heterocycles. The molecule has 1 amide bonds. The van der Waals surface area contributed by atoms with Crippen molar-refractivity contribution in [2.24, 2.45) is 0 Å². The lowest BCUT2D eigenvalue weighted by Gasteiger charge is -2.02. The number of carbonyl (C=O) groups is 1. The smallest absolute Gasteiger partial charge is 0.221 e. The third-order valence-electron chi connectivity index (χ3n) is 4.42. The number of hydrogen-bond donors (Lipinski definition) is 2. The van der Waals surface area contributed by atoms with Crippen molar-refractivity contribution in [3.8, 4) is 11.4 Å². The zero-order valence-electron chi connectivity index (χ0n) is 14.5. The molecule has 0 radical (unpaired) electrons. The summed E-state index contributed by atoms with van der Waals surface area (Å²) >= 11 is 0. The molecule has 5 aromatic rings. The molecular formula is C21H15N5O. The molecule has 3 aromatic carbocycles. The van der Waals surface area contributed by atoms with Gasteiger partial charge in [-0.25, -0.2) is 15.0 Å². The summed E-state index contributed by atoms with van der Waals surface area (Å²) < 4.78 is 0. The van der Waals surface area contributed by atoms with Crippen molar-refractivity contribution >= 4 is 44.7 Å². The van der Waals surface area contributed by atoms with E-state index in [1.807, 2.05) is 60.7 Å². The second kappa shape index (κ2) is 5.88. The standard InChI is InChI=1S/C21H15N5O/c1-12(27)22-14-8-6-13(7-9-14)21-25-19-10-17-18(11-20(19)26-21)24-16-5-3-2-4-15(16)23-17/h2-11,23H,1H3,(H,22,27). The van der Waals surface area contributed by atoms with Crippen molar-refractivity contribution in [3.63, 3.8) is 0 Å².